The number of nitrogens with one attached hydrogen (secondary N) is 2. The highest BCUT2D eigenvalue weighted by molar-refractivity contribution is 6.04. The van der Waals surface area contributed by atoms with Gasteiger partial charge in [-0.3, -0.25) is 9.59 Å². The van der Waals surface area contributed by atoms with Gasteiger partial charge in [-0.1, -0.05) is 37.3 Å². The average Bonchev–Trinajstić information content (AvgIpc) is 3.45. The molecule has 2 aromatic rings. The number of carbonyl (C=O) groups is 2. The first-order valence-electron chi connectivity index (χ1n) is 8.88. The molecule has 136 valence electrons. The molecule has 1 fully saturated rings. The van der Waals surface area contributed by atoms with Crippen molar-refractivity contribution in [3.63, 3.8) is 0 Å². The summed E-state index contributed by atoms with van der Waals surface area (Å²) in [6.45, 7) is 4.04. The Hall–Kier alpha value is -2.82. The Morgan fingerprint density at radius 1 is 1.04 bits per heavy atom. The summed E-state index contributed by atoms with van der Waals surface area (Å²) in [5.74, 6) is -0.206. The highest BCUT2D eigenvalue weighted by Crippen LogP contribution is 2.41. The molecule has 1 aliphatic rings. The molecule has 3 rings (SSSR count). The van der Waals surface area contributed by atoms with Crippen LogP contribution < -0.4 is 15.4 Å². The van der Waals surface area contributed by atoms with Crippen molar-refractivity contribution in [2.24, 2.45) is 11.8 Å². The van der Waals surface area contributed by atoms with E-state index in [-0.39, 0.29) is 23.7 Å². The minimum Gasteiger partial charge on any atom is -0.495 e. The summed E-state index contributed by atoms with van der Waals surface area (Å²) in [6.07, 6.45) is 1.42. The molecule has 26 heavy (non-hydrogen) atoms. The SMILES string of the molecule is CCc1cccc(C)c1NC(=O)C1CC1C(=O)Nc1ccccc1OC. The third kappa shape index (κ3) is 3.72. The molecule has 0 aliphatic heterocycles. The Morgan fingerprint density at radius 3 is 2.42 bits per heavy atom. The fraction of sp³-hybridized carbons (Fsp3) is 0.333. The number of carbonyl (C=O) groups excluding carboxylic acids is 2. The van der Waals surface area contributed by atoms with Gasteiger partial charge in [0.05, 0.1) is 24.6 Å². The summed E-state index contributed by atoms with van der Waals surface area (Å²) in [4.78, 5) is 25.0. The van der Waals surface area contributed by atoms with Gasteiger partial charge in [0.15, 0.2) is 0 Å². The van der Waals surface area contributed by atoms with Gasteiger partial charge in [0, 0.05) is 5.69 Å². The second-order valence-corrected chi connectivity index (χ2v) is 6.59. The lowest BCUT2D eigenvalue weighted by Gasteiger charge is -2.13. The molecule has 0 bridgehead atoms. The predicted molar refractivity (Wildman–Crippen MR) is 102 cm³/mol. The Balaban J connectivity index is 1.63. The van der Waals surface area contributed by atoms with E-state index in [2.05, 4.69) is 17.6 Å². The molecule has 2 N–H and O–H groups in total. The monoisotopic (exact) mass is 352 g/mol. The first-order valence-corrected chi connectivity index (χ1v) is 8.88. The van der Waals surface area contributed by atoms with Crippen molar-refractivity contribution in [2.75, 3.05) is 17.7 Å². The Bertz CT molecular complexity index is 832. The number of hydrogen-bond acceptors (Lipinski definition) is 3. The van der Waals surface area contributed by atoms with Gasteiger partial charge in [0.1, 0.15) is 5.75 Å². The molecule has 0 radical (unpaired) electrons. The Morgan fingerprint density at radius 2 is 1.73 bits per heavy atom. The molecule has 2 atom stereocenters. The second-order valence-electron chi connectivity index (χ2n) is 6.59. The molecule has 2 amide bonds. The number of hydrogen-bond donors (Lipinski definition) is 2. The largest absolute Gasteiger partial charge is 0.495 e. The third-order valence-corrected chi connectivity index (χ3v) is 4.82. The number of aryl methyl sites for hydroxylation is 2. The van der Waals surface area contributed by atoms with Crippen LogP contribution in [0, 0.1) is 18.8 Å². The van der Waals surface area contributed by atoms with Crippen LogP contribution in [0.5, 0.6) is 5.75 Å². The molecule has 2 aromatic carbocycles. The number of rotatable bonds is 6. The number of anilines is 2. The van der Waals surface area contributed by atoms with E-state index in [1.165, 1.54) is 0 Å². The van der Waals surface area contributed by atoms with Crippen LogP contribution in [0.4, 0.5) is 11.4 Å². The van der Waals surface area contributed by atoms with Gasteiger partial charge in [-0.25, -0.2) is 0 Å². The van der Waals surface area contributed by atoms with Gasteiger partial charge in [-0.2, -0.15) is 0 Å². The maximum atomic E-state index is 12.6. The van der Waals surface area contributed by atoms with E-state index < -0.39 is 0 Å². The number of methoxy groups -OCH3 is 1. The molecule has 2 unspecified atom stereocenters. The number of ether oxygens (including phenoxy) is 1. The highest BCUT2D eigenvalue weighted by atomic mass is 16.5. The predicted octanol–water partition coefficient (Wildman–Crippen LogP) is 3.78. The zero-order valence-corrected chi connectivity index (χ0v) is 15.3. The first-order chi connectivity index (χ1) is 12.5. The summed E-state index contributed by atoms with van der Waals surface area (Å²) >= 11 is 0. The third-order valence-electron chi connectivity index (χ3n) is 4.82. The molecule has 5 nitrogen and oxygen atoms in total. The van der Waals surface area contributed by atoms with E-state index in [1.807, 2.05) is 37.3 Å². The minimum atomic E-state index is -0.297. The zero-order valence-electron chi connectivity index (χ0n) is 15.3. The van der Waals surface area contributed by atoms with E-state index in [1.54, 1.807) is 19.2 Å². The summed E-state index contributed by atoms with van der Waals surface area (Å²) in [7, 11) is 1.56. The van der Waals surface area contributed by atoms with Crippen molar-refractivity contribution >= 4 is 23.2 Å². The standard InChI is InChI=1S/C21H24N2O3/c1-4-14-9-7-8-13(2)19(14)23-21(25)16-12-15(16)20(24)22-17-10-5-6-11-18(17)26-3/h5-11,15-16H,4,12H2,1-3H3,(H,22,24)(H,23,25). The number of benzene rings is 2. The molecule has 0 saturated heterocycles. The van der Waals surface area contributed by atoms with Crippen molar-refractivity contribution in [3.8, 4) is 5.75 Å². The molecule has 5 heteroatoms. The molecule has 0 aromatic heterocycles. The van der Waals surface area contributed by atoms with Crippen LogP contribution in [-0.4, -0.2) is 18.9 Å². The van der Waals surface area contributed by atoms with E-state index in [0.717, 1.165) is 23.2 Å². The van der Waals surface area contributed by atoms with E-state index in [4.69, 9.17) is 4.74 Å². The van der Waals surface area contributed by atoms with Crippen LogP contribution in [0.15, 0.2) is 42.5 Å². The highest BCUT2D eigenvalue weighted by Gasteiger charge is 2.48. The minimum absolute atomic E-state index is 0.0887. The number of para-hydroxylation sites is 3. The fourth-order valence-electron chi connectivity index (χ4n) is 3.17. The van der Waals surface area contributed by atoms with Crippen molar-refractivity contribution < 1.29 is 14.3 Å². The average molecular weight is 352 g/mol. The first kappa shape index (κ1) is 18.0. The van der Waals surface area contributed by atoms with Crippen molar-refractivity contribution in [3.05, 3.63) is 53.6 Å². The van der Waals surface area contributed by atoms with Crippen LogP contribution in [-0.2, 0) is 16.0 Å². The summed E-state index contributed by atoms with van der Waals surface area (Å²) in [5, 5.41) is 5.88. The zero-order chi connectivity index (χ0) is 18.7. The summed E-state index contributed by atoms with van der Waals surface area (Å²) in [6, 6.07) is 13.2. The molecule has 1 aliphatic carbocycles. The van der Waals surface area contributed by atoms with Crippen LogP contribution in [0.3, 0.4) is 0 Å². The smallest absolute Gasteiger partial charge is 0.228 e. The maximum absolute atomic E-state index is 12.6. The van der Waals surface area contributed by atoms with E-state index in [9.17, 15) is 9.59 Å². The lowest BCUT2D eigenvalue weighted by atomic mass is 10.1. The van der Waals surface area contributed by atoms with Gasteiger partial charge >= 0.3 is 0 Å². The maximum Gasteiger partial charge on any atom is 0.228 e. The van der Waals surface area contributed by atoms with Gasteiger partial charge in [0.2, 0.25) is 11.8 Å². The van der Waals surface area contributed by atoms with Gasteiger partial charge < -0.3 is 15.4 Å². The quantitative estimate of drug-likeness (QED) is 0.831. The topological polar surface area (TPSA) is 67.4 Å². The summed E-state index contributed by atoms with van der Waals surface area (Å²) < 4.78 is 5.24. The Kier molecular flexibility index (Phi) is 5.26. The van der Waals surface area contributed by atoms with E-state index >= 15 is 0 Å². The number of amides is 2. The molecule has 0 heterocycles. The van der Waals surface area contributed by atoms with E-state index in [0.29, 0.717) is 17.9 Å². The van der Waals surface area contributed by atoms with Crippen LogP contribution in [0.2, 0.25) is 0 Å². The van der Waals surface area contributed by atoms with Crippen molar-refractivity contribution in [1.82, 2.24) is 0 Å². The summed E-state index contributed by atoms with van der Waals surface area (Å²) in [5.41, 5.74) is 3.64. The fourth-order valence-corrected chi connectivity index (χ4v) is 3.17. The second kappa shape index (κ2) is 7.60. The van der Waals surface area contributed by atoms with Gasteiger partial charge in [-0.05, 0) is 43.0 Å². The lowest BCUT2D eigenvalue weighted by molar-refractivity contribution is -0.122. The normalized spacial score (nSPS) is 18.1. The van der Waals surface area contributed by atoms with Crippen molar-refractivity contribution in [1.29, 1.82) is 0 Å². The van der Waals surface area contributed by atoms with Crippen molar-refractivity contribution in [2.45, 2.75) is 26.7 Å². The lowest BCUT2D eigenvalue weighted by Crippen LogP contribution is -2.21. The van der Waals surface area contributed by atoms with Crippen LogP contribution >= 0.6 is 0 Å². The molecular formula is C21H24N2O3. The molecule has 1 saturated carbocycles. The van der Waals surface area contributed by atoms with Gasteiger partial charge in [-0.15, -0.1) is 0 Å². The van der Waals surface area contributed by atoms with Gasteiger partial charge in [0.25, 0.3) is 0 Å². The van der Waals surface area contributed by atoms with Crippen LogP contribution in [0.25, 0.3) is 0 Å². The van der Waals surface area contributed by atoms with Crippen LogP contribution in [0.1, 0.15) is 24.5 Å². The molecular weight excluding hydrogens is 328 g/mol. The molecule has 0 spiro atoms. The Labute approximate surface area is 153 Å².